The summed E-state index contributed by atoms with van der Waals surface area (Å²) in [4.78, 5) is 28.2. The van der Waals surface area contributed by atoms with Crippen LogP contribution in [0.25, 0.3) is 0 Å². The highest BCUT2D eigenvalue weighted by atomic mass is 16.5. The van der Waals surface area contributed by atoms with Crippen molar-refractivity contribution in [2.45, 2.75) is 18.9 Å². The van der Waals surface area contributed by atoms with E-state index in [0.717, 1.165) is 30.0 Å². The van der Waals surface area contributed by atoms with Crippen LogP contribution in [0.1, 0.15) is 24.4 Å². The summed E-state index contributed by atoms with van der Waals surface area (Å²) in [5.74, 6) is 0.908. The third-order valence-corrected chi connectivity index (χ3v) is 5.05. The third kappa shape index (κ3) is 5.26. The van der Waals surface area contributed by atoms with Crippen molar-refractivity contribution in [3.05, 3.63) is 54.1 Å². The second-order valence-electron chi connectivity index (χ2n) is 7.29. The molecular formula is C22H28N4O3. The Morgan fingerprint density at radius 2 is 2.00 bits per heavy atom. The van der Waals surface area contributed by atoms with E-state index >= 15 is 0 Å². The van der Waals surface area contributed by atoms with Crippen LogP contribution in [0, 0.1) is 0 Å². The van der Waals surface area contributed by atoms with E-state index in [-0.39, 0.29) is 18.0 Å². The molecule has 1 aliphatic rings. The monoisotopic (exact) mass is 396 g/mol. The average Bonchev–Trinajstić information content (AvgIpc) is 3.14. The number of rotatable bonds is 7. The number of amides is 3. The van der Waals surface area contributed by atoms with Gasteiger partial charge in [-0.1, -0.05) is 18.2 Å². The van der Waals surface area contributed by atoms with Crippen molar-refractivity contribution in [1.29, 1.82) is 0 Å². The molecule has 3 rings (SSSR count). The highest BCUT2D eigenvalue weighted by Crippen LogP contribution is 2.25. The van der Waals surface area contributed by atoms with Crippen LogP contribution in [0.2, 0.25) is 0 Å². The number of hydrogen-bond donors (Lipinski definition) is 2. The normalized spacial score (nSPS) is 14.8. The molecule has 0 aromatic heterocycles. The van der Waals surface area contributed by atoms with Crippen LogP contribution >= 0.6 is 0 Å². The van der Waals surface area contributed by atoms with E-state index in [1.54, 1.807) is 12.0 Å². The first-order valence-electron chi connectivity index (χ1n) is 9.73. The Kier molecular flexibility index (Phi) is 6.72. The summed E-state index contributed by atoms with van der Waals surface area (Å²) in [5, 5.41) is 5.79. The lowest BCUT2D eigenvalue weighted by molar-refractivity contribution is -0.117. The molecule has 0 bridgehead atoms. The van der Waals surface area contributed by atoms with Gasteiger partial charge in [0.05, 0.1) is 13.2 Å². The van der Waals surface area contributed by atoms with E-state index in [1.807, 2.05) is 62.6 Å². The Morgan fingerprint density at radius 1 is 1.21 bits per heavy atom. The molecule has 7 nitrogen and oxygen atoms in total. The molecule has 29 heavy (non-hydrogen) atoms. The van der Waals surface area contributed by atoms with Gasteiger partial charge in [0.25, 0.3) is 0 Å². The molecule has 1 fully saturated rings. The zero-order valence-electron chi connectivity index (χ0n) is 17.1. The van der Waals surface area contributed by atoms with Gasteiger partial charge < -0.3 is 25.2 Å². The van der Waals surface area contributed by atoms with E-state index in [2.05, 4.69) is 15.5 Å². The zero-order chi connectivity index (χ0) is 20.8. The highest BCUT2D eigenvalue weighted by molar-refractivity contribution is 5.96. The molecule has 1 atom stereocenters. The first-order chi connectivity index (χ1) is 14.0. The van der Waals surface area contributed by atoms with Crippen LogP contribution in [0.5, 0.6) is 5.75 Å². The first-order valence-corrected chi connectivity index (χ1v) is 9.73. The van der Waals surface area contributed by atoms with Gasteiger partial charge in [-0.3, -0.25) is 4.79 Å². The number of anilines is 2. The number of benzene rings is 2. The number of hydrogen-bond acceptors (Lipinski definition) is 4. The molecule has 154 valence electrons. The van der Waals surface area contributed by atoms with Crippen molar-refractivity contribution < 1.29 is 14.3 Å². The SMILES string of the molecule is COc1cccc(C(CNC(=O)Nc2cccc(N3CCCC3=O)c2)N(C)C)c1. The van der Waals surface area contributed by atoms with Crippen molar-refractivity contribution in [2.75, 3.05) is 44.5 Å². The molecule has 0 radical (unpaired) electrons. The van der Waals surface area contributed by atoms with Crippen LogP contribution in [0.3, 0.4) is 0 Å². The minimum Gasteiger partial charge on any atom is -0.497 e. The number of nitrogens with one attached hydrogen (secondary N) is 2. The van der Waals surface area contributed by atoms with Gasteiger partial charge in [-0.05, 0) is 56.4 Å². The number of ether oxygens (including phenoxy) is 1. The van der Waals surface area contributed by atoms with E-state index in [1.165, 1.54) is 0 Å². The second kappa shape index (κ2) is 9.43. The molecule has 0 saturated carbocycles. The first kappa shape index (κ1) is 20.7. The minimum absolute atomic E-state index is 0.00408. The Morgan fingerprint density at radius 3 is 2.69 bits per heavy atom. The molecule has 3 amide bonds. The van der Waals surface area contributed by atoms with Crippen molar-refractivity contribution in [1.82, 2.24) is 10.2 Å². The Labute approximate surface area is 171 Å². The van der Waals surface area contributed by atoms with Crippen LogP contribution in [-0.2, 0) is 4.79 Å². The summed E-state index contributed by atoms with van der Waals surface area (Å²) in [6.45, 7) is 1.16. The van der Waals surface area contributed by atoms with Crippen molar-refractivity contribution >= 4 is 23.3 Å². The van der Waals surface area contributed by atoms with Gasteiger partial charge in [-0.2, -0.15) is 0 Å². The van der Waals surface area contributed by atoms with Crippen molar-refractivity contribution in [2.24, 2.45) is 0 Å². The lowest BCUT2D eigenvalue weighted by atomic mass is 10.1. The maximum Gasteiger partial charge on any atom is 0.319 e. The molecule has 7 heteroatoms. The molecular weight excluding hydrogens is 368 g/mol. The second-order valence-corrected chi connectivity index (χ2v) is 7.29. The summed E-state index contributed by atoms with van der Waals surface area (Å²) >= 11 is 0. The lowest BCUT2D eigenvalue weighted by Gasteiger charge is -2.25. The van der Waals surface area contributed by atoms with E-state index < -0.39 is 0 Å². The van der Waals surface area contributed by atoms with E-state index in [0.29, 0.717) is 18.7 Å². The Bertz CT molecular complexity index is 869. The topological polar surface area (TPSA) is 73.9 Å². The summed E-state index contributed by atoms with van der Waals surface area (Å²) in [7, 11) is 5.58. The number of likely N-dealkylation sites (N-methyl/N-ethyl adjacent to an activating group) is 1. The van der Waals surface area contributed by atoms with E-state index in [9.17, 15) is 9.59 Å². The van der Waals surface area contributed by atoms with Crippen LogP contribution < -0.4 is 20.3 Å². The van der Waals surface area contributed by atoms with Gasteiger partial charge in [0.2, 0.25) is 5.91 Å². The van der Waals surface area contributed by atoms with Gasteiger partial charge >= 0.3 is 6.03 Å². The third-order valence-electron chi connectivity index (χ3n) is 5.05. The largest absolute Gasteiger partial charge is 0.497 e. The van der Waals surface area contributed by atoms with Crippen LogP contribution in [0.4, 0.5) is 16.2 Å². The van der Waals surface area contributed by atoms with Gasteiger partial charge in [-0.25, -0.2) is 4.79 Å². The molecule has 2 N–H and O–H groups in total. The molecule has 1 heterocycles. The predicted molar refractivity (Wildman–Crippen MR) is 114 cm³/mol. The van der Waals surface area contributed by atoms with Gasteiger partial charge in [-0.15, -0.1) is 0 Å². The molecule has 2 aromatic carbocycles. The minimum atomic E-state index is -0.287. The van der Waals surface area contributed by atoms with Gasteiger partial charge in [0, 0.05) is 30.9 Å². The highest BCUT2D eigenvalue weighted by Gasteiger charge is 2.22. The predicted octanol–water partition coefficient (Wildman–Crippen LogP) is 3.25. The fourth-order valence-corrected chi connectivity index (χ4v) is 3.48. The van der Waals surface area contributed by atoms with Crippen molar-refractivity contribution in [3.63, 3.8) is 0 Å². The fourth-order valence-electron chi connectivity index (χ4n) is 3.48. The van der Waals surface area contributed by atoms with Crippen molar-refractivity contribution in [3.8, 4) is 5.75 Å². The van der Waals surface area contributed by atoms with E-state index in [4.69, 9.17) is 4.74 Å². The summed E-state index contributed by atoms with van der Waals surface area (Å²) < 4.78 is 5.30. The quantitative estimate of drug-likeness (QED) is 0.754. The number of nitrogens with zero attached hydrogens (tertiary/aromatic N) is 2. The maximum absolute atomic E-state index is 12.4. The Hall–Kier alpha value is -3.06. The average molecular weight is 396 g/mol. The molecule has 0 spiro atoms. The van der Waals surface area contributed by atoms with Crippen LogP contribution in [0.15, 0.2) is 48.5 Å². The lowest BCUT2D eigenvalue weighted by Crippen LogP contribution is -2.37. The molecule has 1 aliphatic heterocycles. The summed E-state index contributed by atoms with van der Waals surface area (Å²) in [6.07, 6.45) is 1.45. The standard InChI is InChI=1S/C22H28N4O3/c1-25(2)20(16-7-4-10-19(13-16)29-3)15-23-22(28)24-17-8-5-9-18(14-17)26-12-6-11-21(26)27/h4-5,7-10,13-14,20H,6,11-12,15H2,1-3H3,(H2,23,24,28). The Balaban J connectivity index is 1.61. The molecule has 1 saturated heterocycles. The molecule has 2 aromatic rings. The smallest absolute Gasteiger partial charge is 0.319 e. The number of urea groups is 1. The molecule has 1 unspecified atom stereocenters. The number of methoxy groups -OCH3 is 1. The van der Waals surface area contributed by atoms with Gasteiger partial charge in [0.1, 0.15) is 5.75 Å². The maximum atomic E-state index is 12.4. The number of carbonyl (C=O) groups excluding carboxylic acids is 2. The fraction of sp³-hybridized carbons (Fsp3) is 0.364. The summed E-state index contributed by atoms with van der Waals surface area (Å²) in [6, 6.07) is 14.9. The number of carbonyl (C=O) groups is 2. The van der Waals surface area contributed by atoms with Crippen LogP contribution in [-0.4, -0.2) is 51.1 Å². The zero-order valence-corrected chi connectivity index (χ0v) is 17.1. The summed E-state index contributed by atoms with van der Waals surface area (Å²) in [5.41, 5.74) is 2.53. The van der Waals surface area contributed by atoms with Gasteiger partial charge in [0.15, 0.2) is 0 Å². The molecule has 0 aliphatic carbocycles.